The summed E-state index contributed by atoms with van der Waals surface area (Å²) in [7, 11) is 0. The van der Waals surface area contributed by atoms with Gasteiger partial charge in [0.25, 0.3) is 0 Å². The standard InChI is InChI=1S/C11H17.3ClH.Zr/c1-6-11(5)7-8(2)9(3)10(11)4;;;;/h6H2,1-5H3;3*1H;/q-1;;;;. The number of hydrogen-bond acceptors (Lipinski definition) is 0. The van der Waals surface area contributed by atoms with E-state index in [9.17, 15) is 0 Å². The van der Waals surface area contributed by atoms with Crippen LogP contribution in [0.2, 0.25) is 0 Å². The normalized spacial score (nSPS) is 22.9. The van der Waals surface area contributed by atoms with Gasteiger partial charge < -0.3 is 0 Å². The van der Waals surface area contributed by atoms with E-state index in [4.69, 9.17) is 0 Å². The summed E-state index contributed by atoms with van der Waals surface area (Å²) in [6, 6.07) is 0. The molecule has 0 fully saturated rings. The molecule has 0 N–H and O–H groups in total. The molecular weight excluding hydrogens is 330 g/mol. The molecule has 0 aromatic heterocycles. The molecule has 0 bridgehead atoms. The maximum Gasteiger partial charge on any atom is 0 e. The van der Waals surface area contributed by atoms with Crippen molar-refractivity contribution in [3.05, 3.63) is 22.8 Å². The van der Waals surface area contributed by atoms with Crippen LogP contribution in [0.5, 0.6) is 0 Å². The second-order valence-corrected chi connectivity index (χ2v) is 3.69. The van der Waals surface area contributed by atoms with Gasteiger partial charge in [0.2, 0.25) is 0 Å². The zero-order valence-corrected chi connectivity index (χ0v) is 14.8. The molecule has 90 valence electrons. The van der Waals surface area contributed by atoms with Crippen molar-refractivity contribution in [3.8, 4) is 0 Å². The second-order valence-electron chi connectivity index (χ2n) is 3.69. The van der Waals surface area contributed by atoms with Gasteiger partial charge in [0.15, 0.2) is 0 Å². The topological polar surface area (TPSA) is 0 Å². The van der Waals surface area contributed by atoms with Crippen molar-refractivity contribution in [2.75, 3.05) is 0 Å². The van der Waals surface area contributed by atoms with Gasteiger partial charge in [-0.25, -0.2) is 5.57 Å². The quantitative estimate of drug-likeness (QED) is 0.598. The molecule has 0 saturated heterocycles. The van der Waals surface area contributed by atoms with Crippen LogP contribution in [-0.4, -0.2) is 0 Å². The van der Waals surface area contributed by atoms with Crippen molar-refractivity contribution in [2.45, 2.75) is 41.0 Å². The van der Waals surface area contributed by atoms with E-state index in [1.54, 1.807) is 0 Å². The molecule has 0 aliphatic heterocycles. The van der Waals surface area contributed by atoms with Crippen molar-refractivity contribution < 1.29 is 26.2 Å². The Bertz CT molecular complexity index is 246. The molecule has 0 aromatic carbocycles. The van der Waals surface area contributed by atoms with Gasteiger partial charge in [-0.2, -0.15) is 11.1 Å². The van der Waals surface area contributed by atoms with E-state index in [1.165, 1.54) is 16.7 Å². The Balaban J connectivity index is -0.000000151. The number of hydrogen-bond donors (Lipinski definition) is 0. The first-order valence-corrected chi connectivity index (χ1v) is 4.31. The molecule has 4 heteroatoms. The van der Waals surface area contributed by atoms with Gasteiger partial charge in [-0.3, -0.25) is 6.08 Å². The molecule has 1 unspecified atom stereocenters. The molecule has 1 atom stereocenters. The summed E-state index contributed by atoms with van der Waals surface area (Å²) in [5, 5.41) is 0. The van der Waals surface area contributed by atoms with Crippen molar-refractivity contribution in [2.24, 2.45) is 5.41 Å². The SMILES string of the molecule is CCC1(C)[C-]=C(C)C(C)=C1C.Cl.Cl.Cl.[Zr]. The fraction of sp³-hybridized carbons (Fsp3) is 0.636. The molecule has 0 amide bonds. The Morgan fingerprint density at radius 1 is 1.07 bits per heavy atom. The first-order chi connectivity index (χ1) is 5.01. The molecule has 0 saturated carbocycles. The monoisotopic (exact) mass is 347 g/mol. The molecule has 0 nitrogen and oxygen atoms in total. The second kappa shape index (κ2) is 9.28. The van der Waals surface area contributed by atoms with Gasteiger partial charge in [-0.05, 0) is 0 Å². The zero-order valence-electron chi connectivity index (χ0n) is 9.93. The third kappa shape index (κ3) is 4.94. The van der Waals surface area contributed by atoms with Gasteiger partial charge in [0.1, 0.15) is 0 Å². The van der Waals surface area contributed by atoms with Gasteiger partial charge in [0.05, 0.1) is 0 Å². The average molecular weight is 350 g/mol. The molecule has 15 heavy (non-hydrogen) atoms. The summed E-state index contributed by atoms with van der Waals surface area (Å²) in [6.07, 6.45) is 4.68. The van der Waals surface area contributed by atoms with Gasteiger partial charge in [0, 0.05) is 26.2 Å². The maximum absolute atomic E-state index is 3.52. The Labute approximate surface area is 132 Å². The van der Waals surface area contributed by atoms with E-state index in [2.05, 4.69) is 40.7 Å². The van der Waals surface area contributed by atoms with Crippen LogP contribution in [0.25, 0.3) is 0 Å². The largest absolute Gasteiger partial charge is 0.263 e. The number of halogens is 3. The molecule has 1 aliphatic rings. The molecule has 0 aromatic rings. The molecular formula is C11H20Cl3Zr-. The summed E-state index contributed by atoms with van der Waals surface area (Å²) >= 11 is 0. The first-order valence-electron chi connectivity index (χ1n) is 4.31. The Hall–Kier alpha value is 1.23. The van der Waals surface area contributed by atoms with Gasteiger partial charge in [-0.15, -0.1) is 44.1 Å². The first kappa shape index (κ1) is 25.2. The predicted octanol–water partition coefficient (Wildman–Crippen LogP) is 4.77. The molecule has 0 radical (unpaired) electrons. The minimum absolute atomic E-state index is 0. The summed E-state index contributed by atoms with van der Waals surface area (Å²) in [5.74, 6) is 0. The zero-order chi connectivity index (χ0) is 8.65. The molecule has 0 spiro atoms. The number of rotatable bonds is 1. The van der Waals surface area contributed by atoms with Crippen LogP contribution < -0.4 is 0 Å². The van der Waals surface area contributed by atoms with Crippen LogP contribution in [0.3, 0.4) is 0 Å². The molecule has 1 aliphatic carbocycles. The van der Waals surface area contributed by atoms with Crippen molar-refractivity contribution in [1.82, 2.24) is 0 Å². The van der Waals surface area contributed by atoms with Crippen LogP contribution in [0.15, 0.2) is 16.7 Å². The maximum atomic E-state index is 3.52. The predicted molar refractivity (Wildman–Crippen MR) is 70.9 cm³/mol. The summed E-state index contributed by atoms with van der Waals surface area (Å²) < 4.78 is 0. The van der Waals surface area contributed by atoms with E-state index in [1.807, 2.05) is 0 Å². The Kier molecular flexibility index (Phi) is 15.6. The van der Waals surface area contributed by atoms with Crippen LogP contribution in [0, 0.1) is 11.5 Å². The average Bonchev–Trinajstić information content (AvgIpc) is 2.17. The van der Waals surface area contributed by atoms with E-state index in [0.29, 0.717) is 0 Å². The minimum Gasteiger partial charge on any atom is -0.263 e. The Morgan fingerprint density at radius 2 is 1.47 bits per heavy atom. The van der Waals surface area contributed by atoms with Gasteiger partial charge >= 0.3 is 0 Å². The number of allylic oxidation sites excluding steroid dienone is 4. The Morgan fingerprint density at radius 3 is 1.60 bits per heavy atom. The summed E-state index contributed by atoms with van der Waals surface area (Å²) in [5.41, 5.74) is 4.51. The van der Waals surface area contributed by atoms with E-state index in [0.717, 1.165) is 6.42 Å². The van der Waals surface area contributed by atoms with Crippen molar-refractivity contribution in [3.63, 3.8) is 0 Å². The fourth-order valence-electron chi connectivity index (χ4n) is 1.65. The summed E-state index contributed by atoms with van der Waals surface area (Å²) in [4.78, 5) is 0. The summed E-state index contributed by atoms with van der Waals surface area (Å²) in [6.45, 7) is 11.1. The van der Waals surface area contributed by atoms with E-state index < -0.39 is 0 Å². The molecule has 1 rings (SSSR count). The molecule has 0 heterocycles. The smallest absolute Gasteiger partial charge is 0 e. The fourth-order valence-corrected chi connectivity index (χ4v) is 1.65. The van der Waals surface area contributed by atoms with E-state index in [-0.39, 0.29) is 68.8 Å². The third-order valence-electron chi connectivity index (χ3n) is 3.12. The van der Waals surface area contributed by atoms with Crippen LogP contribution in [0.4, 0.5) is 0 Å². The van der Waals surface area contributed by atoms with Crippen LogP contribution in [0.1, 0.15) is 41.0 Å². The van der Waals surface area contributed by atoms with Crippen LogP contribution >= 0.6 is 37.2 Å². The third-order valence-corrected chi connectivity index (χ3v) is 3.12. The van der Waals surface area contributed by atoms with E-state index >= 15 is 0 Å². The van der Waals surface area contributed by atoms with Gasteiger partial charge in [-0.1, -0.05) is 39.5 Å². The van der Waals surface area contributed by atoms with Crippen LogP contribution in [-0.2, 0) is 26.2 Å². The van der Waals surface area contributed by atoms with Crippen molar-refractivity contribution >= 4 is 37.2 Å². The minimum atomic E-state index is 0. The van der Waals surface area contributed by atoms with Crippen molar-refractivity contribution in [1.29, 1.82) is 0 Å².